The van der Waals surface area contributed by atoms with Crippen LogP contribution in [0.5, 0.6) is 0 Å². The van der Waals surface area contributed by atoms with Crippen molar-refractivity contribution in [3.63, 3.8) is 0 Å². The Hall–Kier alpha value is -2.54. The number of rotatable bonds is 9. The Morgan fingerprint density at radius 3 is 2.38 bits per heavy atom. The molecule has 0 N–H and O–H groups in total. The van der Waals surface area contributed by atoms with Crippen molar-refractivity contribution in [3.05, 3.63) is 83.0 Å². The van der Waals surface area contributed by atoms with Crippen LogP contribution >= 0.6 is 0 Å². The Kier molecular flexibility index (Phi) is 7.03. The molecule has 196 valence electrons. The van der Waals surface area contributed by atoms with Gasteiger partial charge in [0, 0.05) is 35.3 Å². The topological polar surface area (TPSA) is 4.93 Å². The molecule has 1 heteroatoms. The zero-order chi connectivity index (χ0) is 26.4. The molecule has 0 amide bonds. The van der Waals surface area contributed by atoms with Crippen molar-refractivity contribution in [1.29, 1.82) is 0 Å². The molecule has 0 fully saturated rings. The summed E-state index contributed by atoms with van der Waals surface area (Å²) >= 11 is 0. The molecule has 0 saturated carbocycles. The Labute approximate surface area is 225 Å². The lowest BCUT2D eigenvalue weighted by Gasteiger charge is -2.37. The molecule has 1 heterocycles. The van der Waals surface area contributed by atoms with Crippen molar-refractivity contribution < 1.29 is 0 Å². The van der Waals surface area contributed by atoms with Gasteiger partial charge in [-0.1, -0.05) is 120 Å². The number of allylic oxidation sites excluding steroid dienone is 4. The Morgan fingerprint density at radius 1 is 0.865 bits per heavy atom. The molecule has 3 aromatic rings. The van der Waals surface area contributed by atoms with Gasteiger partial charge in [0.2, 0.25) is 0 Å². The number of unbranched alkanes of at least 4 members (excludes halogenated alkanes) is 4. The van der Waals surface area contributed by atoms with Crippen LogP contribution in [0.3, 0.4) is 0 Å². The number of benzene rings is 2. The van der Waals surface area contributed by atoms with Crippen molar-refractivity contribution in [2.24, 2.45) is 23.8 Å². The highest BCUT2D eigenvalue weighted by atomic mass is 15.0. The van der Waals surface area contributed by atoms with Crippen molar-refractivity contribution in [1.82, 2.24) is 4.57 Å². The first-order chi connectivity index (χ1) is 17.6. The highest BCUT2D eigenvalue weighted by Gasteiger charge is 2.45. The summed E-state index contributed by atoms with van der Waals surface area (Å²) in [5, 5.41) is 1.43. The highest BCUT2D eigenvalue weighted by Crippen LogP contribution is 2.58. The van der Waals surface area contributed by atoms with Crippen LogP contribution in [-0.2, 0) is 7.05 Å². The molecule has 1 nitrogen and oxygen atoms in total. The number of hydrogen-bond donors (Lipinski definition) is 0. The number of aromatic nitrogens is 1. The van der Waals surface area contributed by atoms with E-state index in [1.165, 1.54) is 83.8 Å². The molecule has 0 saturated heterocycles. The summed E-state index contributed by atoms with van der Waals surface area (Å²) in [6.07, 6.45) is 16.9. The fourth-order valence-corrected chi connectivity index (χ4v) is 7.00. The smallest absolute Gasteiger partial charge is 0.0530 e. The predicted octanol–water partition coefficient (Wildman–Crippen LogP) is 10.5. The van der Waals surface area contributed by atoms with Crippen LogP contribution in [0.25, 0.3) is 22.2 Å². The molecule has 0 bridgehead atoms. The molecular formula is C36H47N. The van der Waals surface area contributed by atoms with Crippen LogP contribution in [0, 0.1) is 23.7 Å². The summed E-state index contributed by atoms with van der Waals surface area (Å²) in [7, 11) is 2.25. The number of aryl methyl sites for hydroxylation is 2. The van der Waals surface area contributed by atoms with Gasteiger partial charge >= 0.3 is 0 Å². The second-order valence-corrected chi connectivity index (χ2v) is 13.6. The predicted molar refractivity (Wildman–Crippen MR) is 161 cm³/mol. The zero-order valence-electron chi connectivity index (χ0n) is 24.3. The third-order valence-corrected chi connectivity index (χ3v) is 9.12. The maximum atomic E-state index is 2.59. The van der Waals surface area contributed by atoms with Crippen molar-refractivity contribution in [2.45, 2.75) is 92.4 Å². The van der Waals surface area contributed by atoms with Gasteiger partial charge in [-0.3, -0.25) is 0 Å². The van der Waals surface area contributed by atoms with Gasteiger partial charge in [0.15, 0.2) is 0 Å². The van der Waals surface area contributed by atoms with E-state index in [0.717, 1.165) is 0 Å². The SMILES string of the molecule is Cc1ccc2c(c1)c1c(n2C)-c2ccccc2C1C(C)(C)C1C=CC(CCCCCCCC(C)(C)C)=C1. The Balaban J connectivity index is 1.34. The molecule has 2 atom stereocenters. The van der Waals surface area contributed by atoms with E-state index in [-0.39, 0.29) is 5.41 Å². The fourth-order valence-electron chi connectivity index (χ4n) is 7.00. The average Bonchev–Trinajstić information content (AvgIpc) is 3.52. The molecule has 0 radical (unpaired) electrons. The molecule has 1 aromatic heterocycles. The van der Waals surface area contributed by atoms with E-state index in [9.17, 15) is 0 Å². The first-order valence-electron chi connectivity index (χ1n) is 14.6. The molecule has 37 heavy (non-hydrogen) atoms. The van der Waals surface area contributed by atoms with Crippen molar-refractivity contribution in [2.75, 3.05) is 0 Å². The van der Waals surface area contributed by atoms with Crippen LogP contribution < -0.4 is 0 Å². The van der Waals surface area contributed by atoms with Gasteiger partial charge in [0.25, 0.3) is 0 Å². The maximum absolute atomic E-state index is 2.59. The highest BCUT2D eigenvalue weighted by molar-refractivity contribution is 5.97. The van der Waals surface area contributed by atoms with Gasteiger partial charge in [-0.25, -0.2) is 0 Å². The molecule has 0 aliphatic heterocycles. The normalized spacial score (nSPS) is 18.9. The Morgan fingerprint density at radius 2 is 1.59 bits per heavy atom. The molecule has 5 rings (SSSR count). The number of fused-ring (bicyclic) bond motifs is 5. The second-order valence-electron chi connectivity index (χ2n) is 13.6. The zero-order valence-corrected chi connectivity index (χ0v) is 24.3. The van der Waals surface area contributed by atoms with Gasteiger partial charge in [-0.15, -0.1) is 0 Å². The van der Waals surface area contributed by atoms with Gasteiger partial charge in [-0.05, 0) is 60.3 Å². The van der Waals surface area contributed by atoms with E-state index in [2.05, 4.69) is 114 Å². The van der Waals surface area contributed by atoms with Gasteiger partial charge in [0.1, 0.15) is 0 Å². The third-order valence-electron chi connectivity index (χ3n) is 9.12. The van der Waals surface area contributed by atoms with Crippen LogP contribution in [0.1, 0.15) is 102 Å². The molecular weight excluding hydrogens is 446 g/mol. The summed E-state index contributed by atoms with van der Waals surface area (Å²) in [6, 6.07) is 16.1. The summed E-state index contributed by atoms with van der Waals surface area (Å²) in [5.41, 5.74) is 10.7. The van der Waals surface area contributed by atoms with E-state index < -0.39 is 0 Å². The summed E-state index contributed by atoms with van der Waals surface area (Å²) in [4.78, 5) is 0. The minimum atomic E-state index is 0.0879. The monoisotopic (exact) mass is 493 g/mol. The van der Waals surface area contributed by atoms with E-state index >= 15 is 0 Å². The Bertz CT molecular complexity index is 1340. The first-order valence-corrected chi connectivity index (χ1v) is 14.6. The van der Waals surface area contributed by atoms with Crippen LogP contribution in [0.15, 0.2) is 66.3 Å². The maximum Gasteiger partial charge on any atom is 0.0530 e. The molecule has 2 aliphatic carbocycles. The van der Waals surface area contributed by atoms with E-state index in [1.54, 1.807) is 5.57 Å². The van der Waals surface area contributed by atoms with Gasteiger partial charge in [0.05, 0.1) is 5.69 Å². The first kappa shape index (κ1) is 26.1. The lowest BCUT2D eigenvalue weighted by atomic mass is 9.66. The molecule has 2 unspecified atom stereocenters. The van der Waals surface area contributed by atoms with Crippen LogP contribution in [-0.4, -0.2) is 4.57 Å². The van der Waals surface area contributed by atoms with Crippen LogP contribution in [0.2, 0.25) is 0 Å². The number of nitrogens with zero attached hydrogens (tertiary/aromatic N) is 1. The lowest BCUT2D eigenvalue weighted by molar-refractivity contribution is 0.268. The van der Waals surface area contributed by atoms with Crippen molar-refractivity contribution in [3.8, 4) is 11.3 Å². The minimum absolute atomic E-state index is 0.0879. The average molecular weight is 494 g/mol. The third kappa shape index (κ3) is 4.99. The van der Waals surface area contributed by atoms with Gasteiger partial charge < -0.3 is 4.57 Å². The van der Waals surface area contributed by atoms with Crippen LogP contribution in [0.4, 0.5) is 0 Å². The molecule has 2 aliphatic rings. The van der Waals surface area contributed by atoms with E-state index in [1.807, 2.05) is 0 Å². The fraction of sp³-hybridized carbons (Fsp3) is 0.500. The number of hydrogen-bond acceptors (Lipinski definition) is 0. The van der Waals surface area contributed by atoms with E-state index in [4.69, 9.17) is 0 Å². The summed E-state index contributed by atoms with van der Waals surface area (Å²) < 4.78 is 2.44. The van der Waals surface area contributed by atoms with Crippen molar-refractivity contribution >= 4 is 10.9 Å². The standard InChI is InChI=1S/C36H47N/c1-25-18-21-31-30(23-25)32-33(28-16-12-13-17-29(28)34(32)37(31)7)36(5,6)27-20-19-26(24-27)15-11-9-8-10-14-22-35(2,3)4/h12-13,16-21,23-24,27,33H,8-11,14-15,22H2,1-7H3. The van der Waals surface area contributed by atoms with E-state index in [0.29, 0.717) is 17.3 Å². The molecule has 2 aromatic carbocycles. The quantitative estimate of drug-likeness (QED) is 0.261. The lowest BCUT2D eigenvalue weighted by Crippen LogP contribution is -2.28. The second kappa shape index (κ2) is 9.97. The van der Waals surface area contributed by atoms with Gasteiger partial charge in [-0.2, -0.15) is 0 Å². The molecule has 0 spiro atoms. The summed E-state index contributed by atoms with van der Waals surface area (Å²) in [5.74, 6) is 0.843. The minimum Gasteiger partial charge on any atom is -0.343 e. The largest absolute Gasteiger partial charge is 0.343 e. The summed E-state index contributed by atoms with van der Waals surface area (Å²) in [6.45, 7) is 14.3.